The molecule has 0 aromatic carbocycles. The van der Waals surface area contributed by atoms with Gasteiger partial charge in [-0.15, -0.1) is 0 Å². The number of ether oxygens (including phenoxy) is 4. The van der Waals surface area contributed by atoms with Crippen LogP contribution in [0.25, 0.3) is 0 Å². The summed E-state index contributed by atoms with van der Waals surface area (Å²) in [6.07, 6.45) is 5.99. The summed E-state index contributed by atoms with van der Waals surface area (Å²) in [6, 6.07) is 0. The van der Waals surface area contributed by atoms with E-state index in [-0.39, 0.29) is 23.4 Å². The highest BCUT2D eigenvalue weighted by atomic mass is 16.7. The summed E-state index contributed by atoms with van der Waals surface area (Å²) in [4.78, 5) is 0. The number of rotatable bonds is 2. The van der Waals surface area contributed by atoms with Crippen molar-refractivity contribution in [2.24, 2.45) is 70.0 Å². The van der Waals surface area contributed by atoms with Crippen molar-refractivity contribution in [1.29, 1.82) is 0 Å². The Kier molecular flexibility index (Phi) is 2.77. The molecular weight excluding hydrogens is 352 g/mol. The minimum absolute atomic E-state index is 0.00329. The van der Waals surface area contributed by atoms with E-state index in [2.05, 4.69) is 13.8 Å². The van der Waals surface area contributed by atoms with Gasteiger partial charge in [0.2, 0.25) is 0 Å². The van der Waals surface area contributed by atoms with E-state index in [1.807, 2.05) is 14.2 Å². The maximum Gasteiger partial charge on any atom is 0.163 e. The van der Waals surface area contributed by atoms with E-state index in [1.54, 1.807) is 0 Å². The van der Waals surface area contributed by atoms with Gasteiger partial charge in [-0.3, -0.25) is 0 Å². The molecule has 0 unspecified atom stereocenters. The van der Waals surface area contributed by atoms with Gasteiger partial charge >= 0.3 is 0 Å². The first-order valence-electron chi connectivity index (χ1n) is 11.9. The average Bonchev–Trinajstić information content (AvgIpc) is 3.44. The van der Waals surface area contributed by atoms with E-state index in [9.17, 15) is 0 Å². The molecule has 0 radical (unpaired) electrons. The summed E-state index contributed by atoms with van der Waals surface area (Å²) < 4.78 is 25.9. The van der Waals surface area contributed by atoms with Crippen LogP contribution >= 0.6 is 0 Å². The van der Waals surface area contributed by atoms with Crippen LogP contribution in [0.2, 0.25) is 0 Å². The second-order valence-electron chi connectivity index (χ2n) is 12.1. The lowest BCUT2D eigenvalue weighted by Crippen LogP contribution is -2.56. The maximum absolute atomic E-state index is 6.78. The monoisotopic (exact) mass is 386 g/mol. The number of hydrogen-bond acceptors (Lipinski definition) is 4. The fourth-order valence-electron chi connectivity index (χ4n) is 12.4. The van der Waals surface area contributed by atoms with Crippen LogP contribution in [0.5, 0.6) is 0 Å². The third kappa shape index (κ3) is 1.32. The van der Waals surface area contributed by atoms with Gasteiger partial charge in [-0.25, -0.2) is 0 Å². The Morgan fingerprint density at radius 3 is 1.43 bits per heavy atom. The zero-order valence-electron chi connectivity index (χ0n) is 17.5. The zero-order valence-corrected chi connectivity index (χ0v) is 17.5. The molecule has 4 nitrogen and oxygen atoms in total. The second-order valence-corrected chi connectivity index (χ2v) is 12.1. The highest BCUT2D eigenvalue weighted by Crippen LogP contribution is 2.87. The summed E-state index contributed by atoms with van der Waals surface area (Å²) in [5, 5.41) is 0. The van der Waals surface area contributed by atoms with Gasteiger partial charge in [0.1, 0.15) is 0 Å². The van der Waals surface area contributed by atoms with E-state index >= 15 is 0 Å². The fourth-order valence-corrected chi connectivity index (χ4v) is 12.4. The van der Waals surface area contributed by atoms with Crippen LogP contribution in [0.4, 0.5) is 0 Å². The van der Waals surface area contributed by atoms with Gasteiger partial charge in [-0.1, -0.05) is 13.8 Å². The molecule has 2 aliphatic heterocycles. The maximum atomic E-state index is 6.78. The summed E-state index contributed by atoms with van der Waals surface area (Å²) in [5.41, 5.74) is 0.396. The van der Waals surface area contributed by atoms with Gasteiger partial charge in [0, 0.05) is 25.0 Å². The van der Waals surface area contributed by atoms with Gasteiger partial charge in [0.05, 0.1) is 12.2 Å². The minimum atomic E-state index is -0.00329. The molecule has 0 aromatic rings. The molecule has 4 heteroatoms. The van der Waals surface area contributed by atoms with Gasteiger partial charge in [0.15, 0.2) is 12.6 Å². The molecule has 0 aromatic heterocycles. The van der Waals surface area contributed by atoms with Crippen molar-refractivity contribution in [3.8, 4) is 0 Å². The average molecular weight is 387 g/mol. The van der Waals surface area contributed by atoms with Crippen LogP contribution in [-0.2, 0) is 18.9 Å². The lowest BCUT2D eigenvalue weighted by atomic mass is 9.61. The fraction of sp³-hybridized carbons (Fsp3) is 1.00. The predicted molar refractivity (Wildman–Crippen MR) is 101 cm³/mol. The van der Waals surface area contributed by atoms with Crippen LogP contribution in [-0.4, -0.2) is 39.0 Å². The molecule has 0 N–H and O–H groups in total. The largest absolute Gasteiger partial charge is 0.355 e. The SMILES string of the molecule is CO[C@H]1O[C@H]2CC[C@@H]3[C@@H]2[C@@H]2[C@@H]4[C@H]5[C@H]6[C@H]7[C@@H](CC[C@H]7O[C@H](OC)[C@@]6(C)[C@@H]34)[C@H]5[C@]12C. The van der Waals surface area contributed by atoms with Crippen molar-refractivity contribution in [3.63, 3.8) is 0 Å². The second kappa shape index (κ2) is 4.69. The number of methoxy groups -OCH3 is 2. The van der Waals surface area contributed by atoms with E-state index in [1.165, 1.54) is 25.7 Å². The summed E-state index contributed by atoms with van der Waals surface area (Å²) in [7, 11) is 3.80. The Hall–Kier alpha value is -0.160. The first-order valence-corrected chi connectivity index (χ1v) is 11.9. The molecule has 6 aliphatic carbocycles. The lowest BCUT2D eigenvalue weighted by molar-refractivity contribution is -0.287. The normalized spacial score (nSPS) is 74.1. The van der Waals surface area contributed by atoms with Crippen molar-refractivity contribution in [1.82, 2.24) is 0 Å². The third-order valence-electron chi connectivity index (χ3n) is 12.2. The molecule has 6 saturated carbocycles. The van der Waals surface area contributed by atoms with Crippen LogP contribution < -0.4 is 0 Å². The Bertz CT molecular complexity index is 693. The molecule has 28 heavy (non-hydrogen) atoms. The molecule has 2 saturated heterocycles. The third-order valence-corrected chi connectivity index (χ3v) is 12.2. The minimum Gasteiger partial charge on any atom is -0.355 e. The zero-order chi connectivity index (χ0) is 18.7. The van der Waals surface area contributed by atoms with Crippen LogP contribution in [0, 0.1) is 70.0 Å². The molecule has 8 aliphatic rings. The van der Waals surface area contributed by atoms with Crippen LogP contribution in [0.3, 0.4) is 0 Å². The lowest BCUT2D eigenvalue weighted by Gasteiger charge is -2.53. The Morgan fingerprint density at radius 2 is 1.04 bits per heavy atom. The molecular formula is C24H34O4. The van der Waals surface area contributed by atoms with Gasteiger partial charge in [-0.05, 0) is 84.9 Å². The van der Waals surface area contributed by atoms with Crippen molar-refractivity contribution < 1.29 is 18.9 Å². The molecule has 0 spiro atoms. The standard InChI is InChI=1S/C24H34O4/c1-23-17-9-5-7-12-14(9)20-15(17)16-18(24(20,2)22(26-4)28-12)10-6-8-11(13(10)19(16)23)27-21(23)25-3/h9-22H,5-8H2,1-4H3/t9-,10-,11-,12+,13+,14+,15-,16-,17+,18-,19-,20-,21+,22+,23+,24+/m1/s1. The summed E-state index contributed by atoms with van der Waals surface area (Å²) in [6.45, 7) is 5.17. The smallest absolute Gasteiger partial charge is 0.163 e. The molecule has 0 amide bonds. The molecule has 0 bridgehead atoms. The van der Waals surface area contributed by atoms with Crippen molar-refractivity contribution in [2.45, 2.75) is 64.3 Å². The Balaban J connectivity index is 1.41. The van der Waals surface area contributed by atoms with Crippen molar-refractivity contribution in [3.05, 3.63) is 0 Å². The summed E-state index contributed by atoms with van der Waals surface area (Å²) in [5.74, 6) is 7.96. The van der Waals surface area contributed by atoms with E-state index in [0.29, 0.717) is 12.2 Å². The van der Waals surface area contributed by atoms with E-state index in [4.69, 9.17) is 18.9 Å². The first-order chi connectivity index (χ1) is 13.6. The van der Waals surface area contributed by atoms with Gasteiger partial charge < -0.3 is 18.9 Å². The van der Waals surface area contributed by atoms with Gasteiger partial charge in [0.25, 0.3) is 0 Å². The summed E-state index contributed by atoms with van der Waals surface area (Å²) >= 11 is 0. The molecule has 8 rings (SSSR count). The molecule has 154 valence electrons. The predicted octanol–water partition coefficient (Wildman–Crippen LogP) is 3.55. The molecule has 16 atom stereocenters. The first kappa shape index (κ1) is 16.5. The van der Waals surface area contributed by atoms with Crippen LogP contribution in [0.15, 0.2) is 0 Å². The van der Waals surface area contributed by atoms with Gasteiger partial charge in [-0.2, -0.15) is 0 Å². The van der Waals surface area contributed by atoms with E-state index in [0.717, 1.165) is 59.2 Å². The topological polar surface area (TPSA) is 36.9 Å². The van der Waals surface area contributed by atoms with Crippen molar-refractivity contribution in [2.75, 3.05) is 14.2 Å². The highest BCUT2D eigenvalue weighted by molar-refractivity contribution is 5.32. The van der Waals surface area contributed by atoms with E-state index < -0.39 is 0 Å². The van der Waals surface area contributed by atoms with Crippen molar-refractivity contribution >= 4 is 0 Å². The molecule has 2 heterocycles. The quantitative estimate of drug-likeness (QED) is 0.727. The highest BCUT2D eigenvalue weighted by Gasteiger charge is 2.87. The Labute approximate surface area is 168 Å². The Morgan fingerprint density at radius 1 is 0.607 bits per heavy atom. The number of fused-ring (bicyclic) bond motifs is 4. The number of hydrogen-bond donors (Lipinski definition) is 0. The van der Waals surface area contributed by atoms with Crippen LogP contribution in [0.1, 0.15) is 39.5 Å². The molecule has 8 fully saturated rings.